The summed E-state index contributed by atoms with van der Waals surface area (Å²) in [7, 11) is 1.60. The molecule has 0 saturated carbocycles. The molecule has 0 radical (unpaired) electrons. The van der Waals surface area contributed by atoms with Crippen molar-refractivity contribution < 1.29 is 19.5 Å². The van der Waals surface area contributed by atoms with Crippen LogP contribution in [0.1, 0.15) is 22.8 Å². The average Bonchev–Trinajstić information content (AvgIpc) is 2.55. The SMILES string of the molecule is CCc1cc(C(=O)O[N+](=O)[O-])ccc1Nc1ccc(OC)cc1. The van der Waals surface area contributed by atoms with Gasteiger partial charge in [-0.25, -0.2) is 4.84 Å². The molecule has 7 nitrogen and oxygen atoms in total. The molecule has 0 bridgehead atoms. The van der Waals surface area contributed by atoms with Gasteiger partial charge >= 0.3 is 11.1 Å². The minimum Gasteiger partial charge on any atom is -0.497 e. The van der Waals surface area contributed by atoms with Crippen molar-refractivity contribution in [3.8, 4) is 5.75 Å². The van der Waals surface area contributed by atoms with E-state index in [-0.39, 0.29) is 5.56 Å². The lowest BCUT2D eigenvalue weighted by molar-refractivity contribution is -0.727. The molecule has 0 amide bonds. The highest BCUT2D eigenvalue weighted by atomic mass is 17.0. The molecule has 0 aliphatic heterocycles. The summed E-state index contributed by atoms with van der Waals surface area (Å²) in [6, 6.07) is 12.2. The van der Waals surface area contributed by atoms with Gasteiger partial charge in [0.25, 0.3) is 0 Å². The summed E-state index contributed by atoms with van der Waals surface area (Å²) in [6.07, 6.45) is 0.651. The molecular weight excluding hydrogens is 300 g/mol. The molecule has 0 unspecified atom stereocenters. The molecule has 23 heavy (non-hydrogen) atoms. The fourth-order valence-electron chi connectivity index (χ4n) is 2.09. The van der Waals surface area contributed by atoms with Crippen LogP contribution in [0.5, 0.6) is 5.75 Å². The summed E-state index contributed by atoms with van der Waals surface area (Å²) >= 11 is 0. The van der Waals surface area contributed by atoms with Gasteiger partial charge in [-0.2, -0.15) is 0 Å². The zero-order chi connectivity index (χ0) is 16.8. The summed E-state index contributed by atoms with van der Waals surface area (Å²) in [5.74, 6) is -0.232. The first kappa shape index (κ1) is 16.3. The molecule has 0 fully saturated rings. The second-order valence-corrected chi connectivity index (χ2v) is 4.68. The van der Waals surface area contributed by atoms with Crippen LogP contribution in [0.25, 0.3) is 0 Å². The molecule has 0 spiro atoms. The molecule has 0 aliphatic carbocycles. The number of hydrogen-bond acceptors (Lipinski definition) is 6. The smallest absolute Gasteiger partial charge is 0.334 e. The molecule has 0 aliphatic rings. The Bertz CT molecular complexity index is 713. The van der Waals surface area contributed by atoms with Gasteiger partial charge in [0.15, 0.2) is 0 Å². The summed E-state index contributed by atoms with van der Waals surface area (Å²) in [6.45, 7) is 1.93. The number of hydrogen-bond donors (Lipinski definition) is 1. The minimum absolute atomic E-state index is 0.138. The zero-order valence-electron chi connectivity index (χ0n) is 12.7. The van der Waals surface area contributed by atoms with Crippen molar-refractivity contribution >= 4 is 17.3 Å². The number of nitrogens with zero attached hydrogens (tertiary/aromatic N) is 1. The monoisotopic (exact) mass is 316 g/mol. The predicted molar refractivity (Wildman–Crippen MR) is 84.5 cm³/mol. The minimum atomic E-state index is -1.11. The van der Waals surface area contributed by atoms with E-state index in [1.54, 1.807) is 19.2 Å². The van der Waals surface area contributed by atoms with E-state index in [9.17, 15) is 14.9 Å². The number of aryl methyl sites for hydroxylation is 1. The van der Waals surface area contributed by atoms with Crippen LogP contribution in [0, 0.1) is 10.1 Å². The highest BCUT2D eigenvalue weighted by Gasteiger charge is 2.13. The Hall–Kier alpha value is -3.09. The van der Waals surface area contributed by atoms with Crippen molar-refractivity contribution in [2.45, 2.75) is 13.3 Å². The van der Waals surface area contributed by atoms with Gasteiger partial charge < -0.3 is 10.1 Å². The van der Waals surface area contributed by atoms with Crippen molar-refractivity contribution in [1.82, 2.24) is 0 Å². The van der Waals surface area contributed by atoms with Gasteiger partial charge in [-0.15, -0.1) is 10.1 Å². The number of carbonyl (C=O) groups is 1. The molecule has 0 aromatic heterocycles. The molecule has 0 saturated heterocycles. The molecule has 1 N–H and O–H groups in total. The number of methoxy groups -OCH3 is 1. The lowest BCUT2D eigenvalue weighted by Crippen LogP contribution is -2.11. The topological polar surface area (TPSA) is 90.7 Å². The number of rotatable bonds is 6. The van der Waals surface area contributed by atoms with Crippen LogP contribution in [0.3, 0.4) is 0 Å². The Morgan fingerprint density at radius 2 is 1.91 bits per heavy atom. The molecule has 0 heterocycles. The second-order valence-electron chi connectivity index (χ2n) is 4.68. The number of anilines is 2. The Morgan fingerprint density at radius 1 is 1.22 bits per heavy atom. The van der Waals surface area contributed by atoms with Crippen LogP contribution in [0.4, 0.5) is 11.4 Å². The third kappa shape index (κ3) is 4.19. The van der Waals surface area contributed by atoms with E-state index in [1.165, 1.54) is 6.07 Å². The van der Waals surface area contributed by atoms with Crippen LogP contribution in [0.2, 0.25) is 0 Å². The summed E-state index contributed by atoms with van der Waals surface area (Å²) < 4.78 is 5.10. The van der Waals surface area contributed by atoms with Gasteiger partial charge in [-0.05, 0) is 54.4 Å². The summed E-state index contributed by atoms with van der Waals surface area (Å²) in [5.41, 5.74) is 2.66. The Balaban J connectivity index is 2.21. The van der Waals surface area contributed by atoms with Crippen LogP contribution in [0.15, 0.2) is 42.5 Å². The Kier molecular flexibility index (Phi) is 5.14. The van der Waals surface area contributed by atoms with Crippen LogP contribution < -0.4 is 10.1 Å². The molecule has 2 aromatic rings. The maximum atomic E-state index is 11.6. The van der Waals surface area contributed by atoms with Crippen molar-refractivity contribution in [2.75, 3.05) is 12.4 Å². The standard InChI is InChI=1S/C16H16N2O5/c1-3-11-10-12(16(19)23-18(20)21)4-9-15(11)17-13-5-7-14(22-2)8-6-13/h4-10,17H,3H2,1-2H3. The Labute approximate surface area is 132 Å². The van der Waals surface area contributed by atoms with E-state index in [4.69, 9.17) is 4.74 Å². The molecule has 2 aromatic carbocycles. The van der Waals surface area contributed by atoms with Crippen molar-refractivity contribution in [1.29, 1.82) is 0 Å². The lowest BCUT2D eigenvalue weighted by Gasteiger charge is -2.12. The van der Waals surface area contributed by atoms with Crippen molar-refractivity contribution in [2.24, 2.45) is 0 Å². The molecular formula is C16H16N2O5. The highest BCUT2D eigenvalue weighted by molar-refractivity contribution is 5.90. The van der Waals surface area contributed by atoms with Gasteiger partial charge in [-0.3, -0.25) is 4.79 Å². The molecule has 2 rings (SSSR count). The quantitative estimate of drug-likeness (QED) is 0.649. The largest absolute Gasteiger partial charge is 0.497 e. The maximum absolute atomic E-state index is 11.6. The number of carbonyl (C=O) groups excluding carboxylic acids is 1. The molecule has 0 atom stereocenters. The summed E-state index contributed by atoms with van der Waals surface area (Å²) in [4.78, 5) is 25.8. The van der Waals surface area contributed by atoms with Gasteiger partial charge in [-0.1, -0.05) is 6.92 Å². The highest BCUT2D eigenvalue weighted by Crippen LogP contribution is 2.24. The van der Waals surface area contributed by atoms with E-state index < -0.39 is 11.1 Å². The summed E-state index contributed by atoms with van der Waals surface area (Å²) in [5, 5.41) is 12.4. The molecule has 120 valence electrons. The maximum Gasteiger partial charge on any atom is 0.334 e. The van der Waals surface area contributed by atoms with Crippen molar-refractivity contribution in [3.05, 3.63) is 63.7 Å². The third-order valence-electron chi connectivity index (χ3n) is 3.25. The molecule has 7 heteroatoms. The van der Waals surface area contributed by atoms with Crippen molar-refractivity contribution in [3.63, 3.8) is 0 Å². The fraction of sp³-hybridized carbons (Fsp3) is 0.188. The lowest BCUT2D eigenvalue weighted by atomic mass is 10.1. The van der Waals surface area contributed by atoms with Crippen LogP contribution >= 0.6 is 0 Å². The number of nitrogens with one attached hydrogen (secondary N) is 1. The van der Waals surface area contributed by atoms with Gasteiger partial charge in [0.2, 0.25) is 0 Å². The third-order valence-corrected chi connectivity index (χ3v) is 3.25. The fourth-order valence-corrected chi connectivity index (χ4v) is 2.09. The zero-order valence-corrected chi connectivity index (χ0v) is 12.7. The van der Waals surface area contributed by atoms with E-state index in [2.05, 4.69) is 10.2 Å². The van der Waals surface area contributed by atoms with Gasteiger partial charge in [0, 0.05) is 16.9 Å². The van der Waals surface area contributed by atoms with Crippen LogP contribution in [-0.4, -0.2) is 18.2 Å². The van der Waals surface area contributed by atoms with Gasteiger partial charge in [0.05, 0.1) is 7.11 Å². The van der Waals surface area contributed by atoms with E-state index in [1.807, 2.05) is 31.2 Å². The first-order valence-corrected chi connectivity index (χ1v) is 6.94. The first-order chi connectivity index (χ1) is 11.0. The first-order valence-electron chi connectivity index (χ1n) is 6.94. The number of benzene rings is 2. The predicted octanol–water partition coefficient (Wildman–Crippen LogP) is 3.35. The normalized spacial score (nSPS) is 10.0. The van der Waals surface area contributed by atoms with Gasteiger partial charge in [0.1, 0.15) is 5.75 Å². The van der Waals surface area contributed by atoms with E-state index in [0.29, 0.717) is 6.42 Å². The number of ether oxygens (including phenoxy) is 1. The second kappa shape index (κ2) is 7.26. The van der Waals surface area contributed by atoms with Crippen LogP contribution in [-0.2, 0) is 11.3 Å². The average molecular weight is 316 g/mol. The Morgan fingerprint density at radius 3 is 2.48 bits per heavy atom. The van der Waals surface area contributed by atoms with E-state index in [0.717, 1.165) is 22.7 Å². The van der Waals surface area contributed by atoms with E-state index >= 15 is 0 Å².